The number of H-pyrrole nitrogens is 1. The lowest BCUT2D eigenvalue weighted by Gasteiger charge is -2.29. The van der Waals surface area contributed by atoms with E-state index in [1.54, 1.807) is 20.9 Å². The molecule has 1 aromatic carbocycles. The van der Waals surface area contributed by atoms with E-state index >= 15 is 0 Å². The van der Waals surface area contributed by atoms with Crippen LogP contribution in [0.15, 0.2) is 28.0 Å². The highest BCUT2D eigenvalue weighted by molar-refractivity contribution is 7.90. The molecule has 0 fully saturated rings. The lowest BCUT2D eigenvalue weighted by atomic mass is 10.0. The highest BCUT2D eigenvalue weighted by atomic mass is 35.5. The van der Waals surface area contributed by atoms with E-state index in [2.05, 4.69) is 5.10 Å². The number of aromatic nitrogens is 2. The van der Waals surface area contributed by atoms with Crippen molar-refractivity contribution >= 4 is 38.9 Å². The van der Waals surface area contributed by atoms with Crippen molar-refractivity contribution in [1.82, 2.24) is 14.7 Å². The summed E-state index contributed by atoms with van der Waals surface area (Å²) < 4.78 is 25.8. The van der Waals surface area contributed by atoms with Crippen LogP contribution in [0.2, 0.25) is 5.02 Å². The van der Waals surface area contributed by atoms with Crippen LogP contribution < -0.4 is 10.5 Å². The number of nitrogens with zero attached hydrogens (tertiary/aromatic N) is 3. The molecule has 0 bridgehead atoms. The van der Waals surface area contributed by atoms with Crippen molar-refractivity contribution in [2.75, 3.05) is 31.3 Å². The maximum absolute atomic E-state index is 12.9. The van der Waals surface area contributed by atoms with Gasteiger partial charge in [-0.1, -0.05) is 11.6 Å². The van der Waals surface area contributed by atoms with Gasteiger partial charge in [-0.3, -0.25) is 19.2 Å². The number of ketones is 1. The van der Waals surface area contributed by atoms with Gasteiger partial charge in [0.1, 0.15) is 5.56 Å². The molecule has 0 atom stereocenters. The van der Waals surface area contributed by atoms with Crippen LogP contribution >= 0.6 is 11.6 Å². The van der Waals surface area contributed by atoms with Crippen LogP contribution in [0.4, 0.5) is 10.5 Å². The first kappa shape index (κ1) is 22.7. The van der Waals surface area contributed by atoms with Gasteiger partial charge in [0.2, 0.25) is 5.78 Å². The molecule has 0 spiro atoms. The quantitative estimate of drug-likeness (QED) is 0.686. The van der Waals surface area contributed by atoms with Crippen LogP contribution in [-0.4, -0.2) is 61.3 Å². The summed E-state index contributed by atoms with van der Waals surface area (Å²) in [5.74, 6) is -0.675. The second-order valence-electron chi connectivity index (χ2n) is 6.47. The topological polar surface area (TPSA) is 113 Å². The molecule has 1 aromatic heterocycles. The van der Waals surface area contributed by atoms with Crippen LogP contribution in [0, 0.1) is 0 Å². The molecule has 11 heteroatoms. The van der Waals surface area contributed by atoms with Crippen molar-refractivity contribution < 1.29 is 18.0 Å². The maximum Gasteiger partial charge on any atom is 0.324 e. The Bertz CT molecular complexity index is 1120. The second-order valence-corrected chi connectivity index (χ2v) is 8.83. The molecule has 2 rings (SSSR count). The van der Waals surface area contributed by atoms with Crippen molar-refractivity contribution in [3.05, 3.63) is 44.8 Å². The summed E-state index contributed by atoms with van der Waals surface area (Å²) in [7, 11) is -0.746. The summed E-state index contributed by atoms with van der Waals surface area (Å²) in [6, 6.07) is 2.01. The predicted octanol–water partition coefficient (Wildman–Crippen LogP) is 1.90. The van der Waals surface area contributed by atoms with Crippen molar-refractivity contribution in [3.8, 4) is 0 Å². The largest absolute Gasteiger partial charge is 0.328 e. The first-order valence-electron chi connectivity index (χ1n) is 8.79. The van der Waals surface area contributed by atoms with Gasteiger partial charge in [-0.25, -0.2) is 13.2 Å². The Morgan fingerprint density at radius 2 is 1.79 bits per heavy atom. The van der Waals surface area contributed by atoms with Gasteiger partial charge in [0, 0.05) is 45.2 Å². The van der Waals surface area contributed by atoms with Crippen LogP contribution in [-0.2, 0) is 16.9 Å². The summed E-state index contributed by atoms with van der Waals surface area (Å²) in [5, 5.41) is 2.40. The van der Waals surface area contributed by atoms with Crippen molar-refractivity contribution in [1.29, 1.82) is 0 Å². The minimum atomic E-state index is -3.77. The number of carbonyl (C=O) groups excluding carboxylic acids is 2. The van der Waals surface area contributed by atoms with E-state index in [1.807, 2.05) is 0 Å². The fraction of sp³-hybridized carbons (Fsp3) is 0.389. The third-order valence-electron chi connectivity index (χ3n) is 4.52. The van der Waals surface area contributed by atoms with Crippen LogP contribution in [0.5, 0.6) is 0 Å². The number of urea groups is 1. The van der Waals surface area contributed by atoms with Gasteiger partial charge in [0.25, 0.3) is 5.56 Å². The van der Waals surface area contributed by atoms with Gasteiger partial charge in [-0.15, -0.1) is 0 Å². The number of hydrogen-bond acceptors (Lipinski definition) is 5. The Labute approximate surface area is 173 Å². The number of carbonyl (C=O) groups is 2. The van der Waals surface area contributed by atoms with Gasteiger partial charge >= 0.3 is 6.03 Å². The second kappa shape index (κ2) is 8.42. The average molecular weight is 443 g/mol. The highest BCUT2D eigenvalue weighted by Crippen LogP contribution is 2.37. The number of hydrogen-bond donors (Lipinski definition) is 1. The zero-order valence-corrected chi connectivity index (χ0v) is 18.4. The number of halogens is 1. The zero-order chi connectivity index (χ0) is 22.1. The summed E-state index contributed by atoms with van der Waals surface area (Å²) in [4.78, 5) is 40.3. The molecule has 0 saturated carbocycles. The normalized spacial score (nSPS) is 11.4. The molecule has 0 aliphatic carbocycles. The van der Waals surface area contributed by atoms with E-state index < -0.39 is 27.2 Å². The van der Waals surface area contributed by atoms with Gasteiger partial charge in [-0.2, -0.15) is 0 Å². The SMILES string of the molecule is CCN(C)C(=O)N(CC)c1c(S(C)(=O)=O)ccc(C(=O)c2c[nH]n(C)c2=O)c1Cl. The third kappa shape index (κ3) is 4.23. The number of aryl methyl sites for hydroxylation is 1. The lowest BCUT2D eigenvalue weighted by molar-refractivity contribution is 0.103. The highest BCUT2D eigenvalue weighted by Gasteiger charge is 2.30. The lowest BCUT2D eigenvalue weighted by Crippen LogP contribution is -2.42. The predicted molar refractivity (Wildman–Crippen MR) is 111 cm³/mol. The van der Waals surface area contributed by atoms with Crippen molar-refractivity contribution in [3.63, 3.8) is 0 Å². The number of anilines is 1. The molecule has 158 valence electrons. The molecule has 1 N–H and O–H groups in total. The van der Waals surface area contributed by atoms with Crippen molar-refractivity contribution in [2.24, 2.45) is 7.05 Å². The Morgan fingerprint density at radius 1 is 1.17 bits per heavy atom. The molecular weight excluding hydrogens is 420 g/mol. The molecule has 2 amide bonds. The molecule has 0 aliphatic rings. The molecular formula is C18H23ClN4O5S. The number of benzene rings is 1. The monoisotopic (exact) mass is 442 g/mol. The molecule has 1 heterocycles. The molecule has 0 radical (unpaired) electrons. The molecule has 0 saturated heterocycles. The Morgan fingerprint density at radius 3 is 2.24 bits per heavy atom. The Hall–Kier alpha value is -2.59. The van der Waals surface area contributed by atoms with E-state index in [0.717, 1.165) is 10.9 Å². The van der Waals surface area contributed by atoms with Gasteiger partial charge in [0.15, 0.2) is 9.84 Å². The summed E-state index contributed by atoms with van der Waals surface area (Å²) in [6.07, 6.45) is 2.24. The van der Waals surface area contributed by atoms with E-state index in [4.69, 9.17) is 11.6 Å². The van der Waals surface area contributed by atoms with Gasteiger partial charge < -0.3 is 10.00 Å². The van der Waals surface area contributed by atoms with E-state index in [1.165, 1.54) is 35.2 Å². The third-order valence-corrected chi connectivity index (χ3v) is 6.03. The molecule has 0 unspecified atom stereocenters. The number of aromatic amines is 1. The Kier molecular flexibility index (Phi) is 6.59. The summed E-state index contributed by atoms with van der Waals surface area (Å²) in [5.41, 5.74) is -0.849. The Balaban J connectivity index is 2.78. The first-order valence-corrected chi connectivity index (χ1v) is 11.1. The van der Waals surface area contributed by atoms with Crippen LogP contribution in [0.1, 0.15) is 29.8 Å². The number of rotatable bonds is 6. The van der Waals surface area contributed by atoms with Crippen LogP contribution in [0.25, 0.3) is 0 Å². The molecule has 9 nitrogen and oxygen atoms in total. The van der Waals surface area contributed by atoms with Crippen LogP contribution in [0.3, 0.4) is 0 Å². The van der Waals surface area contributed by atoms with E-state index in [9.17, 15) is 22.8 Å². The maximum atomic E-state index is 12.9. The summed E-state index contributed by atoms with van der Waals surface area (Å²) >= 11 is 6.47. The smallest absolute Gasteiger partial charge is 0.324 e. The first-order chi connectivity index (χ1) is 13.4. The molecule has 2 aromatic rings. The summed E-state index contributed by atoms with van der Waals surface area (Å²) in [6.45, 7) is 3.95. The standard InChI is InChI=1S/C18H23ClN4O5S/c1-6-21(3)18(26)23(7-2)15-13(29(5,27)28)9-8-11(14(15)19)16(24)12-10-20-22(4)17(12)25/h8-10,20H,6-7H2,1-5H3. The van der Waals surface area contributed by atoms with Crippen molar-refractivity contribution in [2.45, 2.75) is 18.7 Å². The number of amides is 2. The number of sulfone groups is 1. The number of nitrogens with one attached hydrogen (secondary N) is 1. The zero-order valence-electron chi connectivity index (χ0n) is 16.8. The minimum Gasteiger partial charge on any atom is -0.328 e. The minimum absolute atomic E-state index is 0.0730. The molecule has 29 heavy (non-hydrogen) atoms. The molecule has 0 aliphatic heterocycles. The van der Waals surface area contributed by atoms with E-state index in [-0.39, 0.29) is 33.3 Å². The fourth-order valence-corrected chi connectivity index (χ4v) is 4.06. The van der Waals surface area contributed by atoms with E-state index in [0.29, 0.717) is 6.54 Å². The fourth-order valence-electron chi connectivity index (χ4n) is 2.77. The van der Waals surface area contributed by atoms with Gasteiger partial charge in [0.05, 0.1) is 15.6 Å². The van der Waals surface area contributed by atoms with Gasteiger partial charge in [-0.05, 0) is 26.0 Å². The average Bonchev–Trinajstić information content (AvgIpc) is 2.99.